The van der Waals surface area contributed by atoms with Gasteiger partial charge < -0.3 is 9.73 Å². The quantitative estimate of drug-likeness (QED) is 0.733. The second-order valence-electron chi connectivity index (χ2n) is 5.75. The lowest BCUT2D eigenvalue weighted by Gasteiger charge is -2.18. The average molecular weight is 223 g/mol. The lowest BCUT2D eigenvalue weighted by Crippen LogP contribution is -2.19. The Labute approximate surface area is 99.4 Å². The van der Waals surface area contributed by atoms with Gasteiger partial charge in [0.2, 0.25) is 0 Å². The minimum atomic E-state index is 0.397. The Morgan fingerprint density at radius 3 is 2.62 bits per heavy atom. The molecule has 1 heterocycles. The van der Waals surface area contributed by atoms with Gasteiger partial charge in [0.25, 0.3) is 0 Å². The predicted octanol–water partition coefficient (Wildman–Crippen LogP) is 4.15. The molecule has 0 spiro atoms. The number of rotatable bonds is 6. The van der Waals surface area contributed by atoms with Crippen molar-refractivity contribution in [3.05, 3.63) is 24.2 Å². The Morgan fingerprint density at radius 2 is 2.06 bits per heavy atom. The van der Waals surface area contributed by atoms with Gasteiger partial charge in [0, 0.05) is 11.6 Å². The fourth-order valence-electron chi connectivity index (χ4n) is 1.74. The molecule has 0 bridgehead atoms. The molecule has 0 fully saturated rings. The highest BCUT2D eigenvalue weighted by molar-refractivity contribution is 5.09. The summed E-state index contributed by atoms with van der Waals surface area (Å²) >= 11 is 0. The van der Waals surface area contributed by atoms with Gasteiger partial charge in [-0.05, 0) is 37.8 Å². The van der Waals surface area contributed by atoms with Gasteiger partial charge in [-0.15, -0.1) is 0 Å². The Morgan fingerprint density at radius 1 is 1.31 bits per heavy atom. The van der Waals surface area contributed by atoms with Crippen LogP contribution in [-0.2, 0) is 0 Å². The number of hydrogen-bond acceptors (Lipinski definition) is 2. The van der Waals surface area contributed by atoms with Gasteiger partial charge in [0.1, 0.15) is 0 Å². The van der Waals surface area contributed by atoms with Crippen molar-refractivity contribution in [3.8, 4) is 0 Å². The molecule has 0 aliphatic carbocycles. The topological polar surface area (TPSA) is 25.2 Å². The van der Waals surface area contributed by atoms with Crippen LogP contribution in [0.1, 0.15) is 58.6 Å². The molecule has 0 aliphatic heterocycles. The maximum atomic E-state index is 5.07. The third-order valence-electron chi connectivity index (χ3n) is 2.85. The highest BCUT2D eigenvalue weighted by Gasteiger charge is 2.09. The third kappa shape index (κ3) is 5.36. The van der Waals surface area contributed by atoms with Crippen molar-refractivity contribution in [1.29, 1.82) is 0 Å². The molecule has 0 aliphatic rings. The van der Waals surface area contributed by atoms with Gasteiger partial charge in [0.15, 0.2) is 0 Å². The van der Waals surface area contributed by atoms with E-state index in [0.29, 0.717) is 11.5 Å². The summed E-state index contributed by atoms with van der Waals surface area (Å²) in [4.78, 5) is 0. The van der Waals surface area contributed by atoms with Crippen molar-refractivity contribution in [2.24, 2.45) is 5.41 Å². The molecule has 1 atom stereocenters. The summed E-state index contributed by atoms with van der Waals surface area (Å²) in [5.41, 5.74) is 1.70. The summed E-state index contributed by atoms with van der Waals surface area (Å²) in [6.07, 6.45) is 7.39. The van der Waals surface area contributed by atoms with Gasteiger partial charge in [0.05, 0.1) is 12.5 Å². The van der Waals surface area contributed by atoms with E-state index >= 15 is 0 Å². The fraction of sp³-hybridized carbons (Fsp3) is 0.714. The molecule has 1 aromatic heterocycles. The van der Waals surface area contributed by atoms with Gasteiger partial charge in [-0.1, -0.05) is 27.2 Å². The van der Waals surface area contributed by atoms with E-state index in [1.807, 2.05) is 12.3 Å². The van der Waals surface area contributed by atoms with Crippen LogP contribution in [0.4, 0.5) is 0 Å². The zero-order valence-corrected chi connectivity index (χ0v) is 11.0. The number of hydrogen-bond donors (Lipinski definition) is 1. The molecule has 0 saturated carbocycles. The van der Waals surface area contributed by atoms with Crippen LogP contribution < -0.4 is 5.32 Å². The van der Waals surface area contributed by atoms with Crippen molar-refractivity contribution >= 4 is 0 Å². The maximum Gasteiger partial charge on any atom is 0.0950 e. The van der Waals surface area contributed by atoms with Crippen LogP contribution in [0.5, 0.6) is 0 Å². The summed E-state index contributed by atoms with van der Waals surface area (Å²) < 4.78 is 5.07. The Balaban J connectivity index is 2.08. The van der Waals surface area contributed by atoms with Crippen LogP contribution in [0.15, 0.2) is 23.0 Å². The Hall–Kier alpha value is -0.760. The van der Waals surface area contributed by atoms with E-state index in [9.17, 15) is 0 Å². The molecule has 1 N–H and O–H groups in total. The summed E-state index contributed by atoms with van der Waals surface area (Å²) in [6, 6.07) is 2.42. The summed E-state index contributed by atoms with van der Waals surface area (Å²) in [5, 5.41) is 3.51. The minimum absolute atomic E-state index is 0.397. The number of furan rings is 1. The van der Waals surface area contributed by atoms with Crippen LogP contribution in [-0.4, -0.2) is 6.54 Å². The van der Waals surface area contributed by atoms with E-state index in [4.69, 9.17) is 4.42 Å². The molecule has 16 heavy (non-hydrogen) atoms. The molecule has 0 amide bonds. The second kappa shape index (κ2) is 6.09. The first-order chi connectivity index (χ1) is 7.49. The van der Waals surface area contributed by atoms with Crippen LogP contribution >= 0.6 is 0 Å². The zero-order chi connectivity index (χ0) is 12.0. The van der Waals surface area contributed by atoms with E-state index in [1.165, 1.54) is 24.8 Å². The summed E-state index contributed by atoms with van der Waals surface area (Å²) in [5.74, 6) is 0. The van der Waals surface area contributed by atoms with Crippen LogP contribution in [0.2, 0.25) is 0 Å². The first-order valence-electron chi connectivity index (χ1n) is 6.24. The molecule has 2 heteroatoms. The maximum absolute atomic E-state index is 5.07. The molecule has 1 unspecified atom stereocenters. The molecule has 1 rings (SSSR count). The van der Waals surface area contributed by atoms with E-state index < -0.39 is 0 Å². The highest BCUT2D eigenvalue weighted by Crippen LogP contribution is 2.21. The zero-order valence-electron chi connectivity index (χ0n) is 11.0. The molecular weight excluding hydrogens is 198 g/mol. The average Bonchev–Trinajstić information content (AvgIpc) is 2.67. The van der Waals surface area contributed by atoms with E-state index in [1.54, 1.807) is 6.26 Å². The Kier molecular flexibility index (Phi) is 5.07. The lowest BCUT2D eigenvalue weighted by atomic mass is 9.90. The normalized spacial score (nSPS) is 14.0. The minimum Gasteiger partial charge on any atom is -0.472 e. The molecule has 0 aromatic carbocycles. The smallest absolute Gasteiger partial charge is 0.0950 e. The number of nitrogens with one attached hydrogen (secondary N) is 1. The van der Waals surface area contributed by atoms with Crippen LogP contribution in [0.3, 0.4) is 0 Å². The van der Waals surface area contributed by atoms with Crippen LogP contribution in [0.25, 0.3) is 0 Å². The van der Waals surface area contributed by atoms with E-state index in [0.717, 1.165) is 6.54 Å². The molecular formula is C14H25NO. The molecule has 1 aromatic rings. The van der Waals surface area contributed by atoms with Gasteiger partial charge in [-0.3, -0.25) is 0 Å². The summed E-state index contributed by atoms with van der Waals surface area (Å²) in [7, 11) is 0. The molecule has 92 valence electrons. The van der Waals surface area contributed by atoms with Crippen molar-refractivity contribution in [1.82, 2.24) is 5.32 Å². The molecule has 0 radical (unpaired) electrons. The monoisotopic (exact) mass is 223 g/mol. The van der Waals surface area contributed by atoms with Gasteiger partial charge >= 0.3 is 0 Å². The van der Waals surface area contributed by atoms with Gasteiger partial charge in [-0.25, -0.2) is 0 Å². The van der Waals surface area contributed by atoms with E-state index in [2.05, 4.69) is 33.0 Å². The Bertz CT molecular complexity index is 271. The predicted molar refractivity (Wildman–Crippen MR) is 68.4 cm³/mol. The first-order valence-corrected chi connectivity index (χ1v) is 6.24. The highest BCUT2D eigenvalue weighted by atomic mass is 16.3. The number of unbranched alkanes of at least 4 members (excludes halogenated alkanes) is 1. The van der Waals surface area contributed by atoms with Crippen molar-refractivity contribution in [2.75, 3.05) is 6.54 Å². The van der Waals surface area contributed by atoms with Crippen molar-refractivity contribution in [3.63, 3.8) is 0 Å². The van der Waals surface area contributed by atoms with Gasteiger partial charge in [-0.2, -0.15) is 0 Å². The largest absolute Gasteiger partial charge is 0.472 e. The van der Waals surface area contributed by atoms with E-state index in [-0.39, 0.29) is 0 Å². The summed E-state index contributed by atoms with van der Waals surface area (Å²) in [6.45, 7) is 10.2. The second-order valence-corrected chi connectivity index (χ2v) is 5.75. The first kappa shape index (κ1) is 13.3. The van der Waals surface area contributed by atoms with Crippen molar-refractivity contribution < 1.29 is 4.42 Å². The van der Waals surface area contributed by atoms with Crippen molar-refractivity contribution in [2.45, 2.75) is 53.0 Å². The van der Waals surface area contributed by atoms with Crippen LogP contribution in [0, 0.1) is 5.41 Å². The molecule has 0 saturated heterocycles. The third-order valence-corrected chi connectivity index (χ3v) is 2.85. The lowest BCUT2D eigenvalue weighted by molar-refractivity contribution is 0.356. The SMILES string of the molecule is CC(NCCCCC(C)(C)C)c1ccoc1. The fourth-order valence-corrected chi connectivity index (χ4v) is 1.74. The molecule has 2 nitrogen and oxygen atoms in total. The standard InChI is InChI=1S/C14H25NO/c1-12(13-7-10-16-11-13)15-9-6-5-8-14(2,3)4/h7,10-12,15H,5-6,8-9H2,1-4H3.